The van der Waals surface area contributed by atoms with Crippen molar-refractivity contribution in [3.63, 3.8) is 0 Å². The van der Waals surface area contributed by atoms with Crippen molar-refractivity contribution in [1.29, 1.82) is 0 Å². The van der Waals surface area contributed by atoms with Crippen molar-refractivity contribution < 1.29 is 14.7 Å². The predicted octanol–water partition coefficient (Wildman–Crippen LogP) is 2.61. The van der Waals surface area contributed by atoms with E-state index in [-0.39, 0.29) is 11.4 Å². The molecule has 0 saturated carbocycles. The van der Waals surface area contributed by atoms with Crippen LogP contribution < -0.4 is 10.2 Å². The zero-order valence-electron chi connectivity index (χ0n) is 10.9. The molecule has 1 rings (SSSR count). The topological polar surface area (TPSA) is 50.7 Å². The summed E-state index contributed by atoms with van der Waals surface area (Å²) >= 11 is 0. The lowest BCUT2D eigenvalue weighted by atomic mass is 10.2. The van der Waals surface area contributed by atoms with E-state index >= 15 is 0 Å². The number of phenolic OH excluding ortho intramolecular Hbond substituents is 1. The number of rotatable bonds is 5. The van der Waals surface area contributed by atoms with Crippen LogP contribution in [0, 0.1) is 0 Å². The fraction of sp³-hybridized carbons (Fsp3) is 0.538. The number of para-hydroxylation sites is 1. The minimum atomic E-state index is -0.257. The predicted molar refractivity (Wildman–Crippen MR) is 67.0 cm³/mol. The Balaban J connectivity index is 2.62. The first-order valence-corrected chi connectivity index (χ1v) is 5.78. The van der Waals surface area contributed by atoms with Gasteiger partial charge in [-0.15, -0.1) is 0 Å². The van der Waals surface area contributed by atoms with Gasteiger partial charge in [0, 0.05) is 12.1 Å². The van der Waals surface area contributed by atoms with Crippen LogP contribution in [0.3, 0.4) is 0 Å². The second-order valence-electron chi connectivity index (χ2n) is 4.73. The molecule has 4 nitrogen and oxygen atoms in total. The minimum absolute atomic E-state index is 0.166. The number of hydrogen-bond donors (Lipinski definition) is 2. The SMILES string of the molecule is CCOc1cccc(CNOC(C)(C)C)c1O. The number of hydrogen-bond acceptors (Lipinski definition) is 4. The molecule has 0 aliphatic rings. The molecule has 0 spiro atoms. The van der Waals surface area contributed by atoms with Crippen LogP contribution in [0.1, 0.15) is 33.3 Å². The number of hydroxylamine groups is 1. The minimum Gasteiger partial charge on any atom is -0.504 e. The Labute approximate surface area is 103 Å². The van der Waals surface area contributed by atoms with Crippen molar-refractivity contribution in [2.45, 2.75) is 39.8 Å². The highest BCUT2D eigenvalue weighted by atomic mass is 16.7. The first kappa shape index (κ1) is 13.8. The summed E-state index contributed by atoms with van der Waals surface area (Å²) in [7, 11) is 0. The summed E-state index contributed by atoms with van der Waals surface area (Å²) in [4.78, 5) is 5.39. The van der Waals surface area contributed by atoms with Crippen LogP contribution in [0.2, 0.25) is 0 Å². The fourth-order valence-corrected chi connectivity index (χ4v) is 1.31. The summed E-state index contributed by atoms with van der Waals surface area (Å²) in [5.74, 6) is 0.668. The molecule has 17 heavy (non-hydrogen) atoms. The van der Waals surface area contributed by atoms with E-state index in [1.165, 1.54) is 0 Å². The second kappa shape index (κ2) is 5.89. The van der Waals surface area contributed by atoms with Gasteiger partial charge in [0.25, 0.3) is 0 Å². The molecule has 0 amide bonds. The molecule has 0 unspecified atom stereocenters. The molecule has 0 fully saturated rings. The number of ether oxygens (including phenoxy) is 1. The van der Waals surface area contributed by atoms with Crippen LogP contribution >= 0.6 is 0 Å². The molecule has 0 aliphatic carbocycles. The van der Waals surface area contributed by atoms with E-state index in [4.69, 9.17) is 9.57 Å². The average Bonchev–Trinajstić information content (AvgIpc) is 2.22. The van der Waals surface area contributed by atoms with E-state index in [0.29, 0.717) is 18.9 Å². The molecule has 0 aliphatic heterocycles. The lowest BCUT2D eigenvalue weighted by Gasteiger charge is -2.19. The van der Waals surface area contributed by atoms with Crippen LogP contribution in [0.5, 0.6) is 11.5 Å². The Morgan fingerprint density at radius 1 is 1.29 bits per heavy atom. The first-order chi connectivity index (χ1) is 7.94. The molecule has 1 aromatic carbocycles. The quantitative estimate of drug-likeness (QED) is 0.775. The summed E-state index contributed by atoms with van der Waals surface area (Å²) in [5.41, 5.74) is 3.33. The molecule has 1 aromatic rings. The zero-order valence-corrected chi connectivity index (χ0v) is 10.9. The van der Waals surface area contributed by atoms with Crippen molar-refractivity contribution in [3.05, 3.63) is 23.8 Å². The highest BCUT2D eigenvalue weighted by molar-refractivity contribution is 5.45. The molecular weight excluding hydrogens is 218 g/mol. The molecule has 96 valence electrons. The van der Waals surface area contributed by atoms with E-state index in [1.807, 2.05) is 39.8 Å². The van der Waals surface area contributed by atoms with Crippen molar-refractivity contribution in [2.24, 2.45) is 0 Å². The van der Waals surface area contributed by atoms with Crippen molar-refractivity contribution in [1.82, 2.24) is 5.48 Å². The average molecular weight is 239 g/mol. The largest absolute Gasteiger partial charge is 0.504 e. The maximum atomic E-state index is 9.93. The fourth-order valence-electron chi connectivity index (χ4n) is 1.31. The Hall–Kier alpha value is -1.26. The Morgan fingerprint density at radius 2 is 2.00 bits per heavy atom. The third-order valence-corrected chi connectivity index (χ3v) is 2.02. The lowest BCUT2D eigenvalue weighted by molar-refractivity contribution is -0.0759. The number of nitrogens with one attached hydrogen (secondary N) is 1. The van der Waals surface area contributed by atoms with Gasteiger partial charge >= 0.3 is 0 Å². The van der Waals surface area contributed by atoms with Gasteiger partial charge in [0.1, 0.15) is 0 Å². The van der Waals surface area contributed by atoms with E-state index in [0.717, 1.165) is 5.56 Å². The maximum absolute atomic E-state index is 9.93. The van der Waals surface area contributed by atoms with Crippen molar-refractivity contribution >= 4 is 0 Å². The van der Waals surface area contributed by atoms with E-state index < -0.39 is 0 Å². The van der Waals surface area contributed by atoms with Crippen LogP contribution in [-0.4, -0.2) is 17.3 Å². The molecule has 0 aromatic heterocycles. The van der Waals surface area contributed by atoms with Gasteiger partial charge in [-0.2, -0.15) is 5.48 Å². The zero-order chi connectivity index (χ0) is 12.9. The smallest absolute Gasteiger partial charge is 0.162 e. The van der Waals surface area contributed by atoms with Gasteiger partial charge in [0.15, 0.2) is 11.5 Å². The summed E-state index contributed by atoms with van der Waals surface area (Å²) in [6.07, 6.45) is 0. The maximum Gasteiger partial charge on any atom is 0.162 e. The third kappa shape index (κ3) is 4.63. The molecule has 4 heteroatoms. The molecule has 0 bridgehead atoms. The molecule has 0 saturated heterocycles. The molecule has 0 radical (unpaired) electrons. The molecule has 2 N–H and O–H groups in total. The van der Waals surface area contributed by atoms with Gasteiger partial charge in [-0.1, -0.05) is 12.1 Å². The lowest BCUT2D eigenvalue weighted by Crippen LogP contribution is -2.28. The summed E-state index contributed by atoms with van der Waals surface area (Å²) in [6, 6.07) is 5.42. The molecular formula is C13H21NO3. The van der Waals surface area contributed by atoms with Crippen molar-refractivity contribution in [3.8, 4) is 11.5 Å². The highest BCUT2D eigenvalue weighted by Gasteiger charge is 2.12. The Morgan fingerprint density at radius 3 is 2.59 bits per heavy atom. The Kier molecular flexibility index (Phi) is 4.78. The third-order valence-electron chi connectivity index (χ3n) is 2.02. The monoisotopic (exact) mass is 239 g/mol. The molecule has 0 heterocycles. The second-order valence-corrected chi connectivity index (χ2v) is 4.73. The van der Waals surface area contributed by atoms with E-state index in [2.05, 4.69) is 5.48 Å². The van der Waals surface area contributed by atoms with E-state index in [9.17, 15) is 5.11 Å². The highest BCUT2D eigenvalue weighted by Crippen LogP contribution is 2.29. The van der Waals surface area contributed by atoms with Gasteiger partial charge in [0.05, 0.1) is 12.2 Å². The number of aromatic hydroxyl groups is 1. The number of phenols is 1. The summed E-state index contributed by atoms with van der Waals surface area (Å²) in [5, 5.41) is 9.93. The number of benzene rings is 1. The van der Waals surface area contributed by atoms with Gasteiger partial charge in [-0.25, -0.2) is 0 Å². The van der Waals surface area contributed by atoms with Crippen LogP contribution in [0.4, 0.5) is 0 Å². The Bertz CT molecular complexity index is 358. The summed E-state index contributed by atoms with van der Waals surface area (Å²) < 4.78 is 5.31. The van der Waals surface area contributed by atoms with Crippen molar-refractivity contribution in [2.75, 3.05) is 6.61 Å². The normalized spacial score (nSPS) is 11.5. The van der Waals surface area contributed by atoms with Crippen LogP contribution in [0.15, 0.2) is 18.2 Å². The molecule has 0 atom stereocenters. The van der Waals surface area contributed by atoms with Gasteiger partial charge < -0.3 is 9.84 Å². The van der Waals surface area contributed by atoms with Gasteiger partial charge in [0.2, 0.25) is 0 Å². The van der Waals surface area contributed by atoms with Gasteiger partial charge in [-0.05, 0) is 33.8 Å². The summed E-state index contributed by atoms with van der Waals surface area (Å²) in [6.45, 7) is 8.71. The standard InChI is InChI=1S/C13H21NO3/c1-5-16-11-8-6-7-10(12(11)15)9-14-17-13(2,3)4/h6-8,14-15H,5,9H2,1-4H3. The van der Waals surface area contributed by atoms with Gasteiger partial charge in [-0.3, -0.25) is 4.84 Å². The van der Waals surface area contributed by atoms with Crippen LogP contribution in [0.25, 0.3) is 0 Å². The van der Waals surface area contributed by atoms with E-state index in [1.54, 1.807) is 6.07 Å². The first-order valence-electron chi connectivity index (χ1n) is 5.78. The van der Waals surface area contributed by atoms with Crippen LogP contribution in [-0.2, 0) is 11.4 Å².